The lowest BCUT2D eigenvalue weighted by molar-refractivity contribution is -0.137. The van der Waals surface area contributed by atoms with Crippen molar-refractivity contribution in [3.63, 3.8) is 0 Å². The van der Waals surface area contributed by atoms with Crippen LogP contribution in [-0.2, 0) is 14.3 Å². The van der Waals surface area contributed by atoms with E-state index in [2.05, 4.69) is 5.32 Å². The molecule has 1 saturated heterocycles. The summed E-state index contributed by atoms with van der Waals surface area (Å²) in [5.74, 6) is -0.918. The lowest BCUT2D eigenvalue weighted by Crippen LogP contribution is -2.45. The first kappa shape index (κ1) is 15.7. The van der Waals surface area contributed by atoms with Crippen LogP contribution in [0.2, 0.25) is 0 Å². The summed E-state index contributed by atoms with van der Waals surface area (Å²) < 4.78 is 10.5. The predicted molar refractivity (Wildman–Crippen MR) is 68.0 cm³/mol. The van der Waals surface area contributed by atoms with Gasteiger partial charge in [0.2, 0.25) is 0 Å². The fraction of sp³-hybridized carbons (Fsp3) is 0.833. The van der Waals surface area contributed by atoms with Crippen LogP contribution in [-0.4, -0.2) is 67.6 Å². The number of hydrogen-bond acceptors (Lipinski definition) is 4. The average Bonchev–Trinajstić information content (AvgIpc) is 2.80. The van der Waals surface area contributed by atoms with E-state index in [0.717, 1.165) is 0 Å². The fourth-order valence-electron chi connectivity index (χ4n) is 2.14. The molecule has 1 aliphatic rings. The maximum Gasteiger partial charge on any atom is 0.317 e. The van der Waals surface area contributed by atoms with Gasteiger partial charge in [0.05, 0.1) is 19.5 Å². The summed E-state index contributed by atoms with van der Waals surface area (Å²) in [7, 11) is 3.16. The molecular formula is C12H22N2O5. The topological polar surface area (TPSA) is 88.1 Å². The zero-order valence-electron chi connectivity index (χ0n) is 11.6. The van der Waals surface area contributed by atoms with E-state index in [-0.39, 0.29) is 30.7 Å². The monoisotopic (exact) mass is 274 g/mol. The highest BCUT2D eigenvalue weighted by molar-refractivity contribution is 5.76. The Hall–Kier alpha value is -1.34. The van der Waals surface area contributed by atoms with Crippen molar-refractivity contribution in [2.75, 3.05) is 27.3 Å². The second kappa shape index (κ2) is 7.30. The van der Waals surface area contributed by atoms with E-state index < -0.39 is 5.97 Å². The van der Waals surface area contributed by atoms with E-state index in [1.165, 1.54) is 0 Å². The van der Waals surface area contributed by atoms with Gasteiger partial charge in [-0.25, -0.2) is 4.79 Å². The summed E-state index contributed by atoms with van der Waals surface area (Å²) in [5, 5.41) is 11.5. The van der Waals surface area contributed by atoms with Crippen LogP contribution in [0.1, 0.15) is 19.8 Å². The van der Waals surface area contributed by atoms with Gasteiger partial charge in [-0.1, -0.05) is 6.92 Å². The van der Waals surface area contributed by atoms with E-state index in [9.17, 15) is 9.59 Å². The first-order valence-electron chi connectivity index (χ1n) is 6.34. The molecule has 0 bridgehead atoms. The molecule has 0 aliphatic carbocycles. The number of nitrogens with zero attached hydrogens (tertiary/aromatic N) is 1. The zero-order valence-corrected chi connectivity index (χ0v) is 11.6. The zero-order chi connectivity index (χ0) is 14.4. The van der Waals surface area contributed by atoms with Crippen molar-refractivity contribution in [2.24, 2.45) is 0 Å². The van der Waals surface area contributed by atoms with Crippen LogP contribution in [0.5, 0.6) is 0 Å². The second-order valence-corrected chi connectivity index (χ2v) is 4.61. The van der Waals surface area contributed by atoms with Gasteiger partial charge in [0, 0.05) is 20.3 Å². The molecule has 0 aromatic rings. The van der Waals surface area contributed by atoms with E-state index >= 15 is 0 Å². The van der Waals surface area contributed by atoms with Crippen molar-refractivity contribution in [3.05, 3.63) is 0 Å². The summed E-state index contributed by atoms with van der Waals surface area (Å²) in [4.78, 5) is 24.3. The molecule has 2 amide bonds. The number of ether oxygens (including phenoxy) is 2. The smallest absolute Gasteiger partial charge is 0.317 e. The highest BCUT2D eigenvalue weighted by atomic mass is 16.5. The maximum absolute atomic E-state index is 12.0. The molecule has 0 saturated carbocycles. The van der Waals surface area contributed by atoms with Gasteiger partial charge in [-0.3, -0.25) is 4.79 Å². The molecule has 3 unspecified atom stereocenters. The molecule has 0 spiro atoms. The summed E-state index contributed by atoms with van der Waals surface area (Å²) in [6, 6.07) is -0.623. The van der Waals surface area contributed by atoms with Gasteiger partial charge in [0.25, 0.3) is 0 Å². The van der Waals surface area contributed by atoms with Gasteiger partial charge in [-0.15, -0.1) is 0 Å². The minimum absolute atomic E-state index is 0.0719. The quantitative estimate of drug-likeness (QED) is 0.727. The number of nitrogens with one attached hydrogen (secondary N) is 1. The molecule has 0 aromatic carbocycles. The number of carboxylic acid groups (broad SMARTS) is 1. The first-order valence-corrected chi connectivity index (χ1v) is 6.34. The van der Waals surface area contributed by atoms with Crippen LogP contribution in [0.4, 0.5) is 4.79 Å². The van der Waals surface area contributed by atoms with Crippen molar-refractivity contribution in [1.82, 2.24) is 10.2 Å². The van der Waals surface area contributed by atoms with E-state index in [0.29, 0.717) is 19.5 Å². The molecular weight excluding hydrogens is 252 g/mol. The number of aliphatic carboxylic acids is 1. The summed E-state index contributed by atoms with van der Waals surface area (Å²) in [6.45, 7) is 2.74. The van der Waals surface area contributed by atoms with Crippen molar-refractivity contribution < 1.29 is 24.2 Å². The summed E-state index contributed by atoms with van der Waals surface area (Å²) in [6.07, 6.45) is 0.218. The second-order valence-electron chi connectivity index (χ2n) is 4.61. The molecule has 0 aromatic heterocycles. The number of urea groups is 1. The van der Waals surface area contributed by atoms with Crippen molar-refractivity contribution in [2.45, 2.75) is 38.0 Å². The van der Waals surface area contributed by atoms with Crippen LogP contribution in [0.3, 0.4) is 0 Å². The molecule has 1 rings (SSSR count). The molecule has 19 heavy (non-hydrogen) atoms. The molecule has 7 nitrogen and oxygen atoms in total. The van der Waals surface area contributed by atoms with E-state index in [1.54, 1.807) is 19.1 Å². The third-order valence-corrected chi connectivity index (χ3v) is 3.35. The van der Waals surface area contributed by atoms with Gasteiger partial charge in [0.1, 0.15) is 12.2 Å². The molecule has 110 valence electrons. The van der Waals surface area contributed by atoms with E-state index in [1.807, 2.05) is 6.92 Å². The molecule has 1 aliphatic heterocycles. The average molecular weight is 274 g/mol. The van der Waals surface area contributed by atoms with Gasteiger partial charge >= 0.3 is 12.0 Å². The lowest BCUT2D eigenvalue weighted by atomic mass is 10.1. The van der Waals surface area contributed by atoms with Gasteiger partial charge < -0.3 is 24.8 Å². The molecule has 1 heterocycles. The number of carboxylic acids is 1. The minimum Gasteiger partial charge on any atom is -0.481 e. The van der Waals surface area contributed by atoms with Crippen LogP contribution >= 0.6 is 0 Å². The number of rotatable bonds is 6. The highest BCUT2D eigenvalue weighted by Gasteiger charge is 2.36. The van der Waals surface area contributed by atoms with Crippen LogP contribution in [0.15, 0.2) is 0 Å². The van der Waals surface area contributed by atoms with Crippen LogP contribution in [0.25, 0.3) is 0 Å². The Balaban J connectivity index is 2.52. The standard InChI is InChI=1S/C12H22N2O5/c1-4-8(5-11(15)16)13-12(17)14-6-9(18-2)10(7-14)19-3/h8-10H,4-7H2,1-3H3,(H,13,17)(H,15,16). The highest BCUT2D eigenvalue weighted by Crippen LogP contribution is 2.16. The minimum atomic E-state index is -0.918. The number of amides is 2. The summed E-state index contributed by atoms with van der Waals surface area (Å²) >= 11 is 0. The van der Waals surface area contributed by atoms with Gasteiger partial charge in [-0.05, 0) is 6.42 Å². The fourth-order valence-corrected chi connectivity index (χ4v) is 2.14. The Labute approximate surface area is 112 Å². The van der Waals surface area contributed by atoms with Gasteiger partial charge in [0.15, 0.2) is 0 Å². The third-order valence-electron chi connectivity index (χ3n) is 3.35. The van der Waals surface area contributed by atoms with E-state index in [4.69, 9.17) is 14.6 Å². The number of hydrogen-bond donors (Lipinski definition) is 2. The molecule has 7 heteroatoms. The Bertz CT molecular complexity index is 311. The number of methoxy groups -OCH3 is 2. The number of carbonyl (C=O) groups is 2. The first-order chi connectivity index (χ1) is 9.01. The van der Waals surface area contributed by atoms with Crippen molar-refractivity contribution in [3.8, 4) is 0 Å². The molecule has 0 radical (unpaired) electrons. The number of carbonyl (C=O) groups excluding carboxylic acids is 1. The normalized spacial score (nSPS) is 24.3. The Morgan fingerprint density at radius 1 is 1.32 bits per heavy atom. The predicted octanol–water partition coefficient (Wildman–Crippen LogP) is 0.295. The molecule has 1 fully saturated rings. The summed E-state index contributed by atoms with van der Waals surface area (Å²) in [5.41, 5.74) is 0. The van der Waals surface area contributed by atoms with Crippen LogP contribution < -0.4 is 5.32 Å². The Morgan fingerprint density at radius 3 is 2.21 bits per heavy atom. The Kier molecular flexibility index (Phi) is 6.04. The van der Waals surface area contributed by atoms with Gasteiger partial charge in [-0.2, -0.15) is 0 Å². The Morgan fingerprint density at radius 2 is 1.84 bits per heavy atom. The maximum atomic E-state index is 12.0. The largest absolute Gasteiger partial charge is 0.481 e. The third kappa shape index (κ3) is 4.36. The number of likely N-dealkylation sites (tertiary alicyclic amines) is 1. The SMILES string of the molecule is CCC(CC(=O)O)NC(=O)N1CC(OC)C(OC)C1. The van der Waals surface area contributed by atoms with Crippen molar-refractivity contribution >= 4 is 12.0 Å². The molecule has 2 N–H and O–H groups in total. The van der Waals surface area contributed by atoms with Crippen LogP contribution in [0, 0.1) is 0 Å². The molecule has 3 atom stereocenters. The lowest BCUT2D eigenvalue weighted by Gasteiger charge is -2.21. The van der Waals surface area contributed by atoms with Crippen molar-refractivity contribution in [1.29, 1.82) is 0 Å².